The average Bonchev–Trinajstić information content (AvgIpc) is 2.36. The molecule has 1 atom stereocenters. The summed E-state index contributed by atoms with van der Waals surface area (Å²) in [5.74, 6) is -1.13. The van der Waals surface area contributed by atoms with E-state index in [-0.39, 0.29) is 12.6 Å². The molecular weight excluding hydrogens is 238 g/mol. The zero-order valence-electron chi connectivity index (χ0n) is 10.2. The first-order valence-corrected chi connectivity index (χ1v) is 6.22. The monoisotopic (exact) mass is 256 g/mol. The van der Waals surface area contributed by atoms with Gasteiger partial charge in [0.2, 0.25) is 0 Å². The van der Waals surface area contributed by atoms with Crippen LogP contribution >= 0.6 is 0 Å². The van der Waals surface area contributed by atoms with Gasteiger partial charge in [0, 0.05) is 44.9 Å². The fourth-order valence-electron chi connectivity index (χ4n) is 2.44. The van der Waals surface area contributed by atoms with Crippen molar-refractivity contribution in [3.63, 3.8) is 0 Å². The Kier molecular flexibility index (Phi) is 4.63. The van der Waals surface area contributed by atoms with Crippen LogP contribution in [0.25, 0.3) is 0 Å². The van der Waals surface area contributed by atoms with Crippen molar-refractivity contribution < 1.29 is 13.9 Å². The molecule has 0 radical (unpaired) electrons. The lowest BCUT2D eigenvalue weighted by molar-refractivity contribution is 0.140. The van der Waals surface area contributed by atoms with Crippen LogP contribution in [0.15, 0.2) is 18.2 Å². The van der Waals surface area contributed by atoms with Crippen molar-refractivity contribution in [3.8, 4) is 0 Å². The average molecular weight is 256 g/mol. The van der Waals surface area contributed by atoms with Crippen molar-refractivity contribution in [2.24, 2.45) is 0 Å². The Balaban J connectivity index is 2.22. The molecule has 1 aromatic rings. The second kappa shape index (κ2) is 6.22. The van der Waals surface area contributed by atoms with Crippen molar-refractivity contribution in [1.29, 1.82) is 0 Å². The van der Waals surface area contributed by atoms with E-state index in [1.807, 2.05) is 0 Å². The van der Waals surface area contributed by atoms with E-state index in [0.717, 1.165) is 32.2 Å². The number of aliphatic hydroxyl groups excluding tert-OH is 1. The Morgan fingerprint density at radius 2 is 1.78 bits per heavy atom. The van der Waals surface area contributed by atoms with Gasteiger partial charge in [-0.1, -0.05) is 0 Å². The summed E-state index contributed by atoms with van der Waals surface area (Å²) < 4.78 is 26.5. The maximum Gasteiger partial charge on any atom is 0.126 e. The zero-order chi connectivity index (χ0) is 13.0. The molecular formula is C13H18F2N2O. The summed E-state index contributed by atoms with van der Waals surface area (Å²) in [5, 5.41) is 12.4. The van der Waals surface area contributed by atoms with E-state index in [9.17, 15) is 8.78 Å². The molecule has 0 bridgehead atoms. The van der Waals surface area contributed by atoms with Gasteiger partial charge in [0.05, 0.1) is 0 Å². The van der Waals surface area contributed by atoms with Gasteiger partial charge >= 0.3 is 0 Å². The van der Waals surface area contributed by atoms with Gasteiger partial charge in [-0.3, -0.25) is 4.90 Å². The minimum absolute atomic E-state index is 0.00667. The summed E-state index contributed by atoms with van der Waals surface area (Å²) in [6.07, 6.45) is 0.489. The highest BCUT2D eigenvalue weighted by atomic mass is 19.1. The maximum atomic E-state index is 13.3. The number of halogens is 2. The number of nitrogens with zero attached hydrogens (tertiary/aromatic N) is 1. The fraction of sp³-hybridized carbons (Fsp3) is 0.538. The summed E-state index contributed by atoms with van der Waals surface area (Å²) in [6.45, 7) is 3.37. The minimum atomic E-state index is -0.567. The van der Waals surface area contributed by atoms with Crippen LogP contribution in [-0.4, -0.2) is 42.8 Å². The van der Waals surface area contributed by atoms with Gasteiger partial charge in [-0.15, -0.1) is 0 Å². The molecule has 0 aliphatic carbocycles. The van der Waals surface area contributed by atoms with E-state index in [2.05, 4.69) is 10.2 Å². The van der Waals surface area contributed by atoms with Crippen LogP contribution in [0.2, 0.25) is 0 Å². The number of rotatable bonds is 4. The van der Waals surface area contributed by atoms with Crippen molar-refractivity contribution >= 4 is 0 Å². The second-order valence-corrected chi connectivity index (χ2v) is 4.52. The van der Waals surface area contributed by atoms with E-state index < -0.39 is 11.6 Å². The highest BCUT2D eigenvalue weighted by molar-refractivity contribution is 5.21. The fourth-order valence-corrected chi connectivity index (χ4v) is 2.44. The van der Waals surface area contributed by atoms with Gasteiger partial charge in [0.25, 0.3) is 0 Å². The molecule has 2 rings (SSSR count). The van der Waals surface area contributed by atoms with Crippen LogP contribution < -0.4 is 5.32 Å². The summed E-state index contributed by atoms with van der Waals surface area (Å²) >= 11 is 0. The maximum absolute atomic E-state index is 13.3. The third kappa shape index (κ3) is 3.25. The van der Waals surface area contributed by atoms with Crippen LogP contribution in [-0.2, 0) is 0 Å². The number of aliphatic hydroxyl groups is 1. The van der Waals surface area contributed by atoms with Crippen LogP contribution in [0.5, 0.6) is 0 Å². The Morgan fingerprint density at radius 1 is 1.17 bits per heavy atom. The van der Waals surface area contributed by atoms with Crippen molar-refractivity contribution in [2.45, 2.75) is 12.5 Å². The second-order valence-electron chi connectivity index (χ2n) is 4.52. The molecule has 3 nitrogen and oxygen atoms in total. The SMILES string of the molecule is OCC[C@H](c1cc(F)cc(F)c1)N1CCNCC1. The Hall–Kier alpha value is -1.04. The van der Waals surface area contributed by atoms with Gasteiger partial charge in [-0.2, -0.15) is 0 Å². The Labute approximate surface area is 105 Å². The molecule has 1 aliphatic heterocycles. The number of piperazine rings is 1. The molecule has 5 heteroatoms. The van der Waals surface area contributed by atoms with E-state index in [4.69, 9.17) is 5.11 Å². The van der Waals surface area contributed by atoms with Crippen LogP contribution in [0.1, 0.15) is 18.0 Å². The van der Waals surface area contributed by atoms with Crippen LogP contribution in [0, 0.1) is 11.6 Å². The molecule has 1 saturated heterocycles. The molecule has 1 heterocycles. The van der Waals surface area contributed by atoms with Crippen molar-refractivity contribution in [3.05, 3.63) is 35.4 Å². The predicted molar refractivity (Wildman–Crippen MR) is 65.2 cm³/mol. The highest BCUT2D eigenvalue weighted by Crippen LogP contribution is 2.25. The number of hydrogen-bond acceptors (Lipinski definition) is 3. The first-order valence-electron chi connectivity index (χ1n) is 6.22. The lowest BCUT2D eigenvalue weighted by Crippen LogP contribution is -2.45. The number of nitrogens with one attached hydrogen (secondary N) is 1. The molecule has 18 heavy (non-hydrogen) atoms. The standard InChI is InChI=1S/C13H18F2N2O/c14-11-7-10(8-12(15)9-11)13(1-6-18)17-4-2-16-3-5-17/h7-9,13,16,18H,1-6H2/t13-/m1/s1. The Morgan fingerprint density at radius 3 is 2.33 bits per heavy atom. The molecule has 0 aromatic heterocycles. The third-order valence-electron chi connectivity index (χ3n) is 3.26. The van der Waals surface area contributed by atoms with E-state index in [1.165, 1.54) is 12.1 Å². The number of benzene rings is 1. The van der Waals surface area contributed by atoms with Gasteiger partial charge < -0.3 is 10.4 Å². The molecule has 1 fully saturated rings. The third-order valence-corrected chi connectivity index (χ3v) is 3.26. The minimum Gasteiger partial charge on any atom is -0.396 e. The van der Waals surface area contributed by atoms with Crippen molar-refractivity contribution in [2.75, 3.05) is 32.8 Å². The first kappa shape index (κ1) is 13.4. The summed E-state index contributed by atoms with van der Waals surface area (Å²) in [4.78, 5) is 2.15. The molecule has 0 saturated carbocycles. The lowest BCUT2D eigenvalue weighted by Gasteiger charge is -2.35. The van der Waals surface area contributed by atoms with Crippen LogP contribution in [0.4, 0.5) is 8.78 Å². The Bertz CT molecular complexity index is 374. The topological polar surface area (TPSA) is 35.5 Å². The molecule has 0 unspecified atom stereocenters. The van der Waals surface area contributed by atoms with Crippen molar-refractivity contribution in [1.82, 2.24) is 10.2 Å². The smallest absolute Gasteiger partial charge is 0.126 e. The normalized spacial score (nSPS) is 18.8. The largest absolute Gasteiger partial charge is 0.396 e. The van der Waals surface area contributed by atoms with Gasteiger partial charge in [0.15, 0.2) is 0 Å². The van der Waals surface area contributed by atoms with Crippen LogP contribution in [0.3, 0.4) is 0 Å². The molecule has 100 valence electrons. The highest BCUT2D eigenvalue weighted by Gasteiger charge is 2.22. The number of hydrogen-bond donors (Lipinski definition) is 2. The summed E-state index contributed by atoms with van der Waals surface area (Å²) in [5.41, 5.74) is 0.600. The molecule has 0 spiro atoms. The predicted octanol–water partition coefficient (Wildman–Crippen LogP) is 1.29. The van der Waals surface area contributed by atoms with Gasteiger partial charge in [-0.05, 0) is 24.1 Å². The quantitative estimate of drug-likeness (QED) is 0.852. The van der Waals surface area contributed by atoms with E-state index in [0.29, 0.717) is 12.0 Å². The first-order chi connectivity index (χ1) is 8.70. The molecule has 2 N–H and O–H groups in total. The van der Waals surface area contributed by atoms with Gasteiger partial charge in [-0.25, -0.2) is 8.78 Å². The molecule has 0 amide bonds. The lowest BCUT2D eigenvalue weighted by atomic mass is 10.0. The molecule has 1 aromatic carbocycles. The van der Waals surface area contributed by atoms with E-state index >= 15 is 0 Å². The van der Waals surface area contributed by atoms with Gasteiger partial charge in [0.1, 0.15) is 11.6 Å². The summed E-state index contributed by atoms with van der Waals surface area (Å²) in [7, 11) is 0. The summed E-state index contributed by atoms with van der Waals surface area (Å²) in [6, 6.07) is 3.45. The zero-order valence-corrected chi connectivity index (χ0v) is 10.2. The molecule has 1 aliphatic rings. The van der Waals surface area contributed by atoms with E-state index in [1.54, 1.807) is 0 Å².